The summed E-state index contributed by atoms with van der Waals surface area (Å²) >= 11 is 0. The average molecular weight is 313 g/mol. The van der Waals surface area contributed by atoms with Gasteiger partial charge in [-0.1, -0.05) is 6.07 Å². The third-order valence-electron chi connectivity index (χ3n) is 4.17. The molecule has 0 aliphatic carbocycles. The first-order valence-electron chi connectivity index (χ1n) is 7.66. The zero-order chi connectivity index (χ0) is 16.4. The van der Waals surface area contributed by atoms with Crippen LogP contribution in [0.5, 0.6) is 5.75 Å². The molecule has 8 heteroatoms. The number of nitrogens with zero attached hydrogens (tertiary/aromatic N) is 2. The van der Waals surface area contributed by atoms with Crippen molar-refractivity contribution in [1.29, 1.82) is 5.41 Å². The molecule has 2 fully saturated rings. The van der Waals surface area contributed by atoms with Crippen molar-refractivity contribution >= 4 is 26.3 Å². The van der Waals surface area contributed by atoms with Gasteiger partial charge in [-0.15, -0.1) is 0 Å². The molecule has 0 amide bonds. The minimum Gasteiger partial charge on any atom is -0.487 e. The summed E-state index contributed by atoms with van der Waals surface area (Å²) in [6, 6.07) is 6.11. The molecule has 2 unspecified atom stereocenters. The molecule has 2 atom stereocenters. The lowest BCUT2D eigenvalue weighted by Crippen LogP contribution is -2.55. The van der Waals surface area contributed by atoms with Gasteiger partial charge in [-0.3, -0.25) is 15.1 Å². The standard InChI is InChI=1S/C15H20BN5O2/c16-15-14(20-15)9-1-2-12(10(3-9)7-22)23-11-4-21(5-11)6-13(18)19-8-17/h1-3,7-8,11,14-15,20H,4-6,16H2,(H3,17,18,19). The summed E-state index contributed by atoms with van der Waals surface area (Å²) < 4.78 is 5.90. The van der Waals surface area contributed by atoms with E-state index < -0.39 is 0 Å². The number of carbonyl (C=O) groups excluding carboxylic acids is 1. The Morgan fingerprint density at radius 1 is 1.57 bits per heavy atom. The number of rotatable bonds is 6. The van der Waals surface area contributed by atoms with E-state index in [-0.39, 0.29) is 11.9 Å². The maximum Gasteiger partial charge on any atom is 0.153 e. The molecular weight excluding hydrogens is 293 g/mol. The van der Waals surface area contributed by atoms with E-state index in [0.29, 0.717) is 42.9 Å². The van der Waals surface area contributed by atoms with E-state index in [9.17, 15) is 4.79 Å². The Balaban J connectivity index is 1.55. The van der Waals surface area contributed by atoms with Crippen molar-refractivity contribution in [3.63, 3.8) is 0 Å². The topological polar surface area (TPSA) is 114 Å². The number of nitrogens with two attached hydrogens (primary N) is 1. The van der Waals surface area contributed by atoms with Crippen molar-refractivity contribution < 1.29 is 9.53 Å². The van der Waals surface area contributed by atoms with E-state index in [0.717, 1.165) is 18.2 Å². The van der Waals surface area contributed by atoms with Crippen LogP contribution in [-0.2, 0) is 0 Å². The van der Waals surface area contributed by atoms with Gasteiger partial charge in [0.25, 0.3) is 0 Å². The normalized spacial score (nSPS) is 24.3. The number of amidine groups is 1. The molecule has 2 aliphatic rings. The van der Waals surface area contributed by atoms with Gasteiger partial charge in [0.1, 0.15) is 25.5 Å². The van der Waals surface area contributed by atoms with E-state index in [1.54, 1.807) is 0 Å². The molecule has 4 N–H and O–H groups in total. The summed E-state index contributed by atoms with van der Waals surface area (Å²) in [5.41, 5.74) is 6.87. The van der Waals surface area contributed by atoms with Gasteiger partial charge >= 0.3 is 0 Å². The molecule has 0 saturated carbocycles. The fraction of sp³-hybridized carbons (Fsp3) is 0.400. The lowest BCUT2D eigenvalue weighted by atomic mass is 9.96. The van der Waals surface area contributed by atoms with E-state index in [4.69, 9.17) is 15.9 Å². The first-order valence-corrected chi connectivity index (χ1v) is 7.66. The number of aliphatic imine (C=N–C) groups is 1. The molecule has 0 aromatic heterocycles. The monoisotopic (exact) mass is 313 g/mol. The van der Waals surface area contributed by atoms with Gasteiger partial charge in [0, 0.05) is 19.1 Å². The number of benzene rings is 1. The Morgan fingerprint density at radius 3 is 2.91 bits per heavy atom. The van der Waals surface area contributed by atoms with Gasteiger partial charge in [-0.25, -0.2) is 4.99 Å². The van der Waals surface area contributed by atoms with Gasteiger partial charge in [0.05, 0.1) is 18.4 Å². The highest BCUT2D eigenvalue weighted by atomic mass is 16.5. The van der Waals surface area contributed by atoms with Crippen LogP contribution in [0.25, 0.3) is 0 Å². The minimum absolute atomic E-state index is 0.0344. The van der Waals surface area contributed by atoms with E-state index in [1.165, 1.54) is 0 Å². The van der Waals surface area contributed by atoms with E-state index in [1.807, 2.05) is 23.1 Å². The van der Waals surface area contributed by atoms with E-state index in [2.05, 4.69) is 18.2 Å². The first-order chi connectivity index (χ1) is 11.1. The number of aldehydes is 1. The number of hydrogen-bond donors (Lipinski definition) is 3. The number of likely N-dealkylation sites (tertiary alicyclic amines) is 1. The summed E-state index contributed by atoms with van der Waals surface area (Å²) in [6.07, 6.45) is 2.00. The van der Waals surface area contributed by atoms with Crippen molar-refractivity contribution in [2.75, 3.05) is 19.6 Å². The first kappa shape index (κ1) is 15.7. The average Bonchev–Trinajstić information content (AvgIpc) is 3.22. The molecule has 2 saturated heterocycles. The fourth-order valence-electron chi connectivity index (χ4n) is 2.82. The zero-order valence-electron chi connectivity index (χ0n) is 13.0. The van der Waals surface area contributed by atoms with Crippen LogP contribution in [0.1, 0.15) is 22.0 Å². The molecule has 120 valence electrons. The molecule has 1 aromatic carbocycles. The molecule has 2 aliphatic heterocycles. The van der Waals surface area contributed by atoms with Gasteiger partial charge in [0.2, 0.25) is 0 Å². The van der Waals surface area contributed by atoms with Crippen LogP contribution in [0.3, 0.4) is 0 Å². The molecule has 23 heavy (non-hydrogen) atoms. The highest BCUT2D eigenvalue weighted by Gasteiger charge is 2.33. The Kier molecular flexibility index (Phi) is 4.45. The van der Waals surface area contributed by atoms with Gasteiger partial charge in [0.15, 0.2) is 6.29 Å². The lowest BCUT2D eigenvalue weighted by molar-refractivity contribution is 0.0304. The van der Waals surface area contributed by atoms with Crippen molar-refractivity contribution in [3.05, 3.63) is 29.3 Å². The van der Waals surface area contributed by atoms with Crippen LogP contribution < -0.4 is 15.8 Å². The van der Waals surface area contributed by atoms with Crippen LogP contribution in [0.15, 0.2) is 23.2 Å². The summed E-state index contributed by atoms with van der Waals surface area (Å²) in [7, 11) is 2.12. The van der Waals surface area contributed by atoms with Crippen molar-refractivity contribution in [1.82, 2.24) is 10.2 Å². The zero-order valence-corrected chi connectivity index (χ0v) is 13.0. The smallest absolute Gasteiger partial charge is 0.153 e. The summed E-state index contributed by atoms with van der Waals surface area (Å²) in [4.78, 5) is 17.1. The second kappa shape index (κ2) is 6.51. The number of hydrogen-bond acceptors (Lipinski definition) is 5. The molecule has 0 radical (unpaired) electrons. The fourth-order valence-corrected chi connectivity index (χ4v) is 2.82. The Bertz CT molecular complexity index is 645. The molecule has 0 spiro atoms. The largest absolute Gasteiger partial charge is 0.487 e. The van der Waals surface area contributed by atoms with Gasteiger partial charge in [-0.05, 0) is 23.6 Å². The maximum absolute atomic E-state index is 11.3. The highest BCUT2D eigenvalue weighted by molar-refractivity contribution is 6.14. The van der Waals surface area contributed by atoms with Crippen molar-refractivity contribution in [3.8, 4) is 5.75 Å². The molecule has 1 aromatic rings. The molecule has 0 bridgehead atoms. The Morgan fingerprint density at radius 2 is 2.30 bits per heavy atom. The maximum atomic E-state index is 11.3. The third-order valence-corrected chi connectivity index (χ3v) is 4.17. The second-order valence-corrected chi connectivity index (χ2v) is 6.01. The van der Waals surface area contributed by atoms with Crippen molar-refractivity contribution in [2.45, 2.75) is 18.1 Å². The molecular formula is C15H20BN5O2. The predicted molar refractivity (Wildman–Crippen MR) is 91.3 cm³/mol. The highest BCUT2D eigenvalue weighted by Crippen LogP contribution is 2.31. The number of ether oxygens (including phenoxy) is 1. The molecule has 2 heterocycles. The summed E-state index contributed by atoms with van der Waals surface area (Å²) in [6.45, 7) is 1.88. The minimum atomic E-state index is 0.0344. The van der Waals surface area contributed by atoms with Gasteiger partial charge < -0.3 is 15.8 Å². The second-order valence-electron chi connectivity index (χ2n) is 6.01. The number of carbonyl (C=O) groups is 1. The van der Waals surface area contributed by atoms with Crippen LogP contribution >= 0.6 is 0 Å². The molecule has 3 rings (SSSR count). The molecule has 7 nitrogen and oxygen atoms in total. The Hall–Kier alpha value is -2.19. The third kappa shape index (κ3) is 3.60. The van der Waals surface area contributed by atoms with Crippen molar-refractivity contribution in [2.24, 2.45) is 10.7 Å². The number of nitrogens with one attached hydrogen (secondary N) is 2. The van der Waals surface area contributed by atoms with Gasteiger partial charge in [-0.2, -0.15) is 0 Å². The van der Waals surface area contributed by atoms with E-state index >= 15 is 0 Å². The van der Waals surface area contributed by atoms with Crippen LogP contribution in [0.2, 0.25) is 0 Å². The lowest BCUT2D eigenvalue weighted by Gasteiger charge is -2.38. The van der Waals surface area contributed by atoms with Crippen LogP contribution in [0.4, 0.5) is 0 Å². The summed E-state index contributed by atoms with van der Waals surface area (Å²) in [5.74, 6) is 1.32. The predicted octanol–water partition coefficient (Wildman–Crippen LogP) is -0.870. The SMILES string of the molecule is BC1NC1c1ccc(OC2CN(CC(=N)/N=C\N)C2)c(C=O)c1. The summed E-state index contributed by atoms with van der Waals surface area (Å²) in [5, 5.41) is 10.9. The van der Waals surface area contributed by atoms with Crippen LogP contribution in [-0.4, -0.2) is 62.9 Å². The quantitative estimate of drug-likeness (QED) is 0.208. The Labute approximate surface area is 135 Å². The van der Waals surface area contributed by atoms with Crippen LogP contribution in [0, 0.1) is 5.41 Å².